The summed E-state index contributed by atoms with van der Waals surface area (Å²) in [7, 11) is 0. The third kappa shape index (κ3) is 7.31. The molecule has 1 saturated heterocycles. The first-order valence-electron chi connectivity index (χ1n) is 11.6. The van der Waals surface area contributed by atoms with Crippen LogP contribution in [0.5, 0.6) is 0 Å². The molecule has 2 aromatic carbocycles. The summed E-state index contributed by atoms with van der Waals surface area (Å²) >= 11 is 0. The molecule has 3 rings (SSSR count). The van der Waals surface area contributed by atoms with Crippen LogP contribution in [0.25, 0.3) is 0 Å². The molecule has 1 aliphatic heterocycles. The Balaban J connectivity index is 1.64. The number of hydrogen-bond acceptors (Lipinski definition) is 5. The lowest BCUT2D eigenvalue weighted by Gasteiger charge is -2.26. The molecule has 0 spiro atoms. The van der Waals surface area contributed by atoms with Crippen molar-refractivity contribution < 1.29 is 24.3 Å². The fraction of sp³-hybridized carbons (Fsp3) is 0.346. The standard InChI is InChI=1S/C26H30N4O5/c27-24(33)20(16-19-10-5-2-6-11-19)29-25(34)22-12-7-15-30(22)26(35)21(17-31)28-23(32)14-13-18-8-3-1-4-9-18/h1-6,8-11,20,22,31H,7,12-17H2,(H2,27,33)(H,29,34)/t20-,22?/m0/s1. The molecule has 35 heavy (non-hydrogen) atoms. The molecule has 1 aliphatic rings. The lowest BCUT2D eigenvalue weighted by atomic mass is 10.0. The van der Waals surface area contributed by atoms with E-state index in [1.807, 2.05) is 60.7 Å². The van der Waals surface area contributed by atoms with Crippen LogP contribution in [0.4, 0.5) is 0 Å². The van der Waals surface area contributed by atoms with Crippen molar-refractivity contribution in [1.29, 1.82) is 0 Å². The molecule has 0 aromatic heterocycles. The Morgan fingerprint density at radius 1 is 1.03 bits per heavy atom. The Bertz CT molecular complexity index is 1070. The van der Waals surface area contributed by atoms with Crippen LogP contribution in [-0.4, -0.2) is 64.6 Å². The van der Waals surface area contributed by atoms with Gasteiger partial charge < -0.3 is 21.1 Å². The zero-order chi connectivity index (χ0) is 25.2. The second kappa shape index (κ2) is 12.6. The van der Waals surface area contributed by atoms with E-state index < -0.39 is 42.3 Å². The van der Waals surface area contributed by atoms with Crippen molar-refractivity contribution in [2.45, 2.75) is 44.2 Å². The number of carbonyl (C=O) groups is 4. The highest BCUT2D eigenvalue weighted by Crippen LogP contribution is 2.19. The summed E-state index contributed by atoms with van der Waals surface area (Å²) in [5, 5.41) is 12.4. The van der Waals surface area contributed by atoms with E-state index >= 15 is 0 Å². The zero-order valence-corrected chi connectivity index (χ0v) is 19.4. The number of amides is 4. The quantitative estimate of drug-likeness (QED) is 0.433. The highest BCUT2D eigenvalue weighted by atomic mass is 16.3. The maximum absolute atomic E-state index is 13.0. The molecule has 2 aromatic rings. The number of primary amides is 1. The van der Waals surface area contributed by atoms with Gasteiger partial charge in [0.1, 0.15) is 17.8 Å². The molecule has 1 unspecified atom stereocenters. The number of aliphatic imine (C=N–C) groups is 1. The molecule has 4 N–H and O–H groups in total. The number of nitrogens with two attached hydrogens (primary N) is 1. The molecule has 9 nitrogen and oxygen atoms in total. The first kappa shape index (κ1) is 25.8. The van der Waals surface area contributed by atoms with Gasteiger partial charge in [-0.15, -0.1) is 0 Å². The second-order valence-corrected chi connectivity index (χ2v) is 8.41. The normalized spacial score (nSPS) is 16.5. The van der Waals surface area contributed by atoms with Gasteiger partial charge in [-0.25, -0.2) is 4.99 Å². The van der Waals surface area contributed by atoms with Crippen molar-refractivity contribution in [3.8, 4) is 0 Å². The Morgan fingerprint density at radius 2 is 1.66 bits per heavy atom. The molecule has 1 heterocycles. The fourth-order valence-corrected chi connectivity index (χ4v) is 4.04. The summed E-state index contributed by atoms with van der Waals surface area (Å²) in [6.45, 7) is -0.452. The van der Waals surface area contributed by atoms with Crippen LogP contribution >= 0.6 is 0 Å². The molecule has 0 saturated carbocycles. The molecule has 4 amide bonds. The lowest BCUT2D eigenvalue weighted by Crippen LogP contribution is -2.54. The van der Waals surface area contributed by atoms with Gasteiger partial charge in [-0.1, -0.05) is 60.7 Å². The molecule has 0 radical (unpaired) electrons. The summed E-state index contributed by atoms with van der Waals surface area (Å²) in [6.07, 6.45) is 1.71. The Labute approximate surface area is 204 Å². The van der Waals surface area contributed by atoms with Crippen molar-refractivity contribution in [1.82, 2.24) is 10.2 Å². The second-order valence-electron chi connectivity index (χ2n) is 8.41. The van der Waals surface area contributed by atoms with Gasteiger partial charge in [0, 0.05) is 19.4 Å². The van der Waals surface area contributed by atoms with Crippen LogP contribution in [0.15, 0.2) is 65.7 Å². The molecule has 1 fully saturated rings. The first-order chi connectivity index (χ1) is 16.9. The number of hydrogen-bond donors (Lipinski definition) is 3. The number of aliphatic hydroxyl groups is 1. The predicted molar refractivity (Wildman–Crippen MR) is 130 cm³/mol. The minimum atomic E-state index is -0.937. The van der Waals surface area contributed by atoms with E-state index in [0.717, 1.165) is 11.1 Å². The average Bonchev–Trinajstić information content (AvgIpc) is 3.36. The third-order valence-corrected chi connectivity index (χ3v) is 5.89. The van der Waals surface area contributed by atoms with Gasteiger partial charge in [-0.2, -0.15) is 0 Å². The van der Waals surface area contributed by atoms with E-state index in [-0.39, 0.29) is 25.1 Å². The monoisotopic (exact) mass is 478 g/mol. The summed E-state index contributed by atoms with van der Waals surface area (Å²) in [5.41, 5.74) is 6.99. The number of nitrogens with zero attached hydrogens (tertiary/aromatic N) is 2. The summed E-state index contributed by atoms with van der Waals surface area (Å²) in [6, 6.07) is 16.7. The van der Waals surface area contributed by atoms with Crippen LogP contribution in [0, 0.1) is 0 Å². The van der Waals surface area contributed by atoms with Gasteiger partial charge in [0.25, 0.3) is 5.91 Å². The Morgan fingerprint density at radius 3 is 2.26 bits per heavy atom. The topological polar surface area (TPSA) is 142 Å². The van der Waals surface area contributed by atoms with Crippen LogP contribution < -0.4 is 11.1 Å². The van der Waals surface area contributed by atoms with E-state index in [9.17, 15) is 24.3 Å². The van der Waals surface area contributed by atoms with Crippen molar-refractivity contribution in [2.24, 2.45) is 10.7 Å². The van der Waals surface area contributed by atoms with E-state index in [1.54, 1.807) is 0 Å². The number of aliphatic hydroxyl groups excluding tert-OH is 1. The van der Waals surface area contributed by atoms with Gasteiger partial charge >= 0.3 is 0 Å². The minimum Gasteiger partial charge on any atom is -0.390 e. The maximum atomic E-state index is 13.0. The van der Waals surface area contributed by atoms with Crippen molar-refractivity contribution in [3.63, 3.8) is 0 Å². The molecular formula is C26H30N4O5. The number of nitrogens with one attached hydrogen (secondary N) is 1. The zero-order valence-electron chi connectivity index (χ0n) is 19.4. The van der Waals surface area contributed by atoms with Crippen molar-refractivity contribution >= 4 is 29.3 Å². The summed E-state index contributed by atoms with van der Waals surface area (Å²) in [5.74, 6) is -2.39. The van der Waals surface area contributed by atoms with Crippen molar-refractivity contribution in [2.75, 3.05) is 13.2 Å². The Hall–Kier alpha value is -3.85. The molecule has 0 bridgehead atoms. The third-order valence-electron chi connectivity index (χ3n) is 5.89. The number of benzene rings is 2. The van der Waals surface area contributed by atoms with Crippen LogP contribution in [0.1, 0.15) is 30.4 Å². The molecule has 0 aliphatic carbocycles. The average molecular weight is 479 g/mol. The van der Waals surface area contributed by atoms with Gasteiger partial charge in [0.15, 0.2) is 0 Å². The van der Waals surface area contributed by atoms with Crippen molar-refractivity contribution in [3.05, 3.63) is 71.8 Å². The molecule has 184 valence electrons. The van der Waals surface area contributed by atoms with Gasteiger partial charge in [0.2, 0.25) is 17.7 Å². The summed E-state index contributed by atoms with van der Waals surface area (Å²) in [4.78, 5) is 55.4. The first-order valence-corrected chi connectivity index (χ1v) is 11.6. The largest absolute Gasteiger partial charge is 0.390 e. The number of carbonyl (C=O) groups excluding carboxylic acids is 4. The highest BCUT2D eigenvalue weighted by Gasteiger charge is 2.37. The van der Waals surface area contributed by atoms with E-state index in [0.29, 0.717) is 19.3 Å². The van der Waals surface area contributed by atoms with Crippen LogP contribution in [0.3, 0.4) is 0 Å². The Kier molecular flexibility index (Phi) is 9.25. The number of rotatable bonds is 10. The predicted octanol–water partition coefficient (Wildman–Crippen LogP) is 0.783. The molecular weight excluding hydrogens is 448 g/mol. The summed E-state index contributed by atoms with van der Waals surface area (Å²) < 4.78 is 0. The van der Waals surface area contributed by atoms with Crippen LogP contribution in [0.2, 0.25) is 0 Å². The lowest BCUT2D eigenvalue weighted by molar-refractivity contribution is -0.135. The fourth-order valence-electron chi connectivity index (χ4n) is 4.04. The van der Waals surface area contributed by atoms with E-state index in [1.165, 1.54) is 4.90 Å². The number of likely N-dealkylation sites (tertiary alicyclic amines) is 1. The van der Waals surface area contributed by atoms with E-state index in [2.05, 4.69) is 10.3 Å². The number of aryl methyl sites for hydroxylation is 1. The van der Waals surface area contributed by atoms with Gasteiger partial charge in [-0.3, -0.25) is 19.2 Å². The smallest absolute Gasteiger partial charge is 0.271 e. The van der Waals surface area contributed by atoms with Crippen LogP contribution in [-0.2, 0) is 32.0 Å². The molecule has 2 atom stereocenters. The highest BCUT2D eigenvalue weighted by molar-refractivity contribution is 6.41. The SMILES string of the molecule is NC(=O)[C@H](Cc1ccccc1)NC(=O)C1CCCN1C(=O)C(CO)=NC(=O)CCc1ccccc1. The maximum Gasteiger partial charge on any atom is 0.271 e. The van der Waals surface area contributed by atoms with Gasteiger partial charge in [-0.05, 0) is 30.4 Å². The van der Waals surface area contributed by atoms with E-state index in [4.69, 9.17) is 5.73 Å². The molecule has 9 heteroatoms. The van der Waals surface area contributed by atoms with Gasteiger partial charge in [0.05, 0.1) is 6.61 Å². The minimum absolute atomic E-state index is 0.0878.